The molecular formula is C11H12Cl2N5NaO8S. The number of hydrogen-bond acceptors (Lipinski definition) is 9. The molecule has 0 bridgehead atoms. The van der Waals surface area contributed by atoms with Crippen LogP contribution in [-0.4, -0.2) is 99.8 Å². The van der Waals surface area contributed by atoms with Crippen LogP contribution in [-0.2, 0) is 29.5 Å². The Bertz CT molecular complexity index is 905. The van der Waals surface area contributed by atoms with E-state index in [1.54, 1.807) is 0 Å². The number of carbonyl (C=O) groups is 3. The van der Waals surface area contributed by atoms with Crippen LogP contribution in [0, 0.1) is 0 Å². The van der Waals surface area contributed by atoms with E-state index in [4.69, 9.17) is 32.2 Å². The number of nitrogens with zero attached hydrogens (tertiary/aromatic N) is 3. The standard InChI is InChI=1S/C11H11Cl2N5O8S.Na.H/c1-25-17-5(6-10(26-3-14-6)16-9(20)7(12)13)8(19)15-4-2-18(11(4)21)27(22,23)24;;/h3-4,7H,2H2,1H3,(H,15,19)(H,16,20)(H,22,23,24);;. The molecule has 3 N–H and O–H groups in total. The van der Waals surface area contributed by atoms with E-state index in [0.29, 0.717) is 0 Å². The van der Waals surface area contributed by atoms with Gasteiger partial charge in [0.15, 0.2) is 22.6 Å². The Labute approximate surface area is 189 Å². The zero-order chi connectivity index (χ0) is 20.4. The van der Waals surface area contributed by atoms with Gasteiger partial charge in [0.25, 0.3) is 17.7 Å². The third-order valence-electron chi connectivity index (χ3n) is 3.10. The number of oxazole rings is 1. The van der Waals surface area contributed by atoms with Gasteiger partial charge in [-0.2, -0.15) is 8.42 Å². The molecule has 13 nitrogen and oxygen atoms in total. The van der Waals surface area contributed by atoms with Gasteiger partial charge in [0.05, 0.1) is 6.54 Å². The van der Waals surface area contributed by atoms with Gasteiger partial charge in [0, 0.05) is 0 Å². The van der Waals surface area contributed by atoms with E-state index in [9.17, 15) is 22.8 Å². The molecule has 1 atom stereocenters. The quantitative estimate of drug-likeness (QED) is 0.104. The minimum absolute atomic E-state index is 0. The molecule has 1 aliphatic heterocycles. The molecule has 0 spiro atoms. The molecule has 3 amide bonds. The Morgan fingerprint density at radius 2 is 2.14 bits per heavy atom. The van der Waals surface area contributed by atoms with E-state index in [2.05, 4.69) is 25.6 Å². The molecule has 17 heteroatoms. The summed E-state index contributed by atoms with van der Waals surface area (Å²) in [5, 5.41) is 7.80. The maximum absolute atomic E-state index is 12.4. The molecule has 0 saturated carbocycles. The van der Waals surface area contributed by atoms with Crippen LogP contribution >= 0.6 is 23.2 Å². The van der Waals surface area contributed by atoms with Crippen LogP contribution < -0.4 is 10.6 Å². The van der Waals surface area contributed by atoms with Crippen molar-refractivity contribution in [2.75, 3.05) is 19.0 Å². The minimum atomic E-state index is -4.71. The van der Waals surface area contributed by atoms with E-state index in [1.165, 1.54) is 0 Å². The first-order valence-electron chi connectivity index (χ1n) is 6.80. The van der Waals surface area contributed by atoms with E-state index in [0.717, 1.165) is 13.5 Å². The van der Waals surface area contributed by atoms with Crippen molar-refractivity contribution in [2.45, 2.75) is 10.9 Å². The molecule has 1 aliphatic rings. The van der Waals surface area contributed by atoms with Gasteiger partial charge < -0.3 is 14.6 Å². The van der Waals surface area contributed by atoms with Crippen molar-refractivity contribution in [1.29, 1.82) is 0 Å². The molecule has 1 saturated heterocycles. The first kappa shape index (κ1) is 24.6. The third-order valence-corrected chi connectivity index (χ3v) is 4.38. The molecular weight excluding hydrogens is 456 g/mol. The van der Waals surface area contributed by atoms with E-state index in [1.807, 2.05) is 0 Å². The summed E-state index contributed by atoms with van der Waals surface area (Å²) in [6.45, 7) is -0.480. The van der Waals surface area contributed by atoms with Crippen molar-refractivity contribution in [3.05, 3.63) is 12.1 Å². The number of oxime groups is 1. The number of amides is 3. The van der Waals surface area contributed by atoms with Crippen molar-refractivity contribution in [2.24, 2.45) is 5.16 Å². The first-order chi connectivity index (χ1) is 12.6. The van der Waals surface area contributed by atoms with Gasteiger partial charge in [-0.15, -0.1) is 0 Å². The summed E-state index contributed by atoms with van der Waals surface area (Å²) in [4.78, 5) is 42.4. The molecule has 1 aromatic rings. The van der Waals surface area contributed by atoms with Crippen LogP contribution in [0.15, 0.2) is 16.0 Å². The zero-order valence-electron chi connectivity index (χ0n) is 13.2. The average molecular weight is 468 g/mol. The zero-order valence-corrected chi connectivity index (χ0v) is 15.6. The van der Waals surface area contributed by atoms with Gasteiger partial charge in [-0.3, -0.25) is 24.3 Å². The van der Waals surface area contributed by atoms with Crippen LogP contribution in [0.4, 0.5) is 5.88 Å². The number of alkyl halides is 2. The molecule has 0 aliphatic carbocycles. The van der Waals surface area contributed by atoms with Gasteiger partial charge in [-0.25, -0.2) is 9.29 Å². The number of rotatable bonds is 7. The number of carbonyl (C=O) groups excluding carboxylic acids is 3. The van der Waals surface area contributed by atoms with E-state index >= 15 is 0 Å². The number of aromatic nitrogens is 1. The van der Waals surface area contributed by atoms with Crippen molar-refractivity contribution in [3.8, 4) is 0 Å². The van der Waals surface area contributed by atoms with Crippen LogP contribution in [0.25, 0.3) is 0 Å². The summed E-state index contributed by atoms with van der Waals surface area (Å²) in [5.74, 6) is -3.24. The van der Waals surface area contributed by atoms with Crippen LogP contribution in [0.1, 0.15) is 5.69 Å². The third kappa shape index (κ3) is 5.56. The summed E-state index contributed by atoms with van der Waals surface area (Å²) in [7, 11) is -3.59. The number of anilines is 1. The van der Waals surface area contributed by atoms with Gasteiger partial charge >= 0.3 is 39.9 Å². The Morgan fingerprint density at radius 3 is 2.64 bits per heavy atom. The Kier molecular flexibility index (Phi) is 8.67. The topological polar surface area (TPSA) is 180 Å². The second-order valence-corrected chi connectivity index (χ2v) is 7.25. The van der Waals surface area contributed by atoms with E-state index in [-0.39, 0.29) is 45.4 Å². The fraction of sp³-hybridized carbons (Fsp3) is 0.364. The maximum atomic E-state index is 12.4. The normalized spacial score (nSPS) is 16.9. The molecule has 2 rings (SSSR count). The number of nitrogens with one attached hydrogen (secondary N) is 2. The summed E-state index contributed by atoms with van der Waals surface area (Å²) >= 11 is 10.8. The van der Waals surface area contributed by atoms with Crippen molar-refractivity contribution in [1.82, 2.24) is 14.6 Å². The molecule has 1 aromatic heterocycles. The summed E-state index contributed by atoms with van der Waals surface area (Å²) in [5.41, 5.74) is -0.768. The average Bonchev–Trinajstić information content (AvgIpc) is 3.01. The SMILES string of the molecule is CON=C(C(=O)NC1CN(S(=O)(=O)O)C1=O)c1ncoc1NC(=O)C(Cl)Cl.[NaH]. The Hall–Kier alpha value is -1.42. The van der Waals surface area contributed by atoms with E-state index < -0.39 is 51.2 Å². The van der Waals surface area contributed by atoms with Gasteiger partial charge in [-0.05, 0) is 0 Å². The van der Waals surface area contributed by atoms with Crippen LogP contribution in [0.5, 0.6) is 0 Å². The molecule has 1 fully saturated rings. The van der Waals surface area contributed by atoms with Crippen molar-refractivity contribution < 1.29 is 36.6 Å². The van der Waals surface area contributed by atoms with Crippen LogP contribution in [0.3, 0.4) is 0 Å². The molecule has 1 unspecified atom stereocenters. The first-order valence-corrected chi connectivity index (χ1v) is 9.07. The van der Waals surface area contributed by atoms with Crippen molar-refractivity contribution >= 4 is 92.4 Å². The van der Waals surface area contributed by atoms with Crippen molar-refractivity contribution in [3.63, 3.8) is 0 Å². The predicted molar refractivity (Wildman–Crippen MR) is 96.5 cm³/mol. The number of halogens is 2. The Morgan fingerprint density at radius 1 is 1.50 bits per heavy atom. The van der Waals surface area contributed by atoms with Gasteiger partial charge in [0.2, 0.25) is 5.88 Å². The fourth-order valence-corrected chi connectivity index (χ4v) is 2.69. The second-order valence-electron chi connectivity index (χ2n) is 4.82. The molecule has 28 heavy (non-hydrogen) atoms. The summed E-state index contributed by atoms with van der Waals surface area (Å²) < 4.78 is 35.7. The predicted octanol–water partition coefficient (Wildman–Crippen LogP) is -1.75. The van der Waals surface area contributed by atoms with Gasteiger partial charge in [-0.1, -0.05) is 28.4 Å². The second kappa shape index (κ2) is 9.87. The fourth-order valence-electron chi connectivity index (χ4n) is 1.89. The summed E-state index contributed by atoms with van der Waals surface area (Å²) in [6, 6.07) is -1.23. The molecule has 150 valence electrons. The molecule has 0 aromatic carbocycles. The number of hydrogen-bond donors (Lipinski definition) is 3. The number of β-lactam (4-membered cyclic amide) rings is 1. The Balaban J connectivity index is 0.00000392. The monoisotopic (exact) mass is 467 g/mol. The van der Waals surface area contributed by atoms with Gasteiger partial charge in [0.1, 0.15) is 13.2 Å². The molecule has 2 heterocycles. The molecule has 0 radical (unpaired) electrons. The summed E-state index contributed by atoms with van der Waals surface area (Å²) in [6.07, 6.45) is 0.884. The van der Waals surface area contributed by atoms with Crippen LogP contribution in [0.2, 0.25) is 0 Å².